The number of amides is 1. The van der Waals surface area contributed by atoms with Crippen LogP contribution in [0.5, 0.6) is 0 Å². The molecule has 114 valence electrons. The van der Waals surface area contributed by atoms with Crippen LogP contribution in [0.1, 0.15) is 32.1 Å². The SMILES string of the molecule is C=C1CC2C3CCC[N+]4([O-])CCCC(CN2C(=O)C1=C)C34. The molecule has 4 fully saturated rings. The van der Waals surface area contributed by atoms with Crippen molar-refractivity contribution in [3.8, 4) is 0 Å². The minimum absolute atomic E-state index is 0.0152. The molecule has 0 aromatic carbocycles. The monoisotopic (exact) mass is 288 g/mol. The van der Waals surface area contributed by atoms with E-state index in [4.69, 9.17) is 0 Å². The summed E-state index contributed by atoms with van der Waals surface area (Å²) in [4.78, 5) is 14.6. The van der Waals surface area contributed by atoms with Crippen molar-refractivity contribution in [2.75, 3.05) is 19.6 Å². The molecule has 4 aliphatic rings. The third kappa shape index (κ3) is 1.78. The lowest BCUT2D eigenvalue weighted by Crippen LogP contribution is -2.71. The van der Waals surface area contributed by atoms with Crippen molar-refractivity contribution in [3.63, 3.8) is 0 Å². The standard InChI is InChI=1S/C17H24N2O2/c1-11-9-15-14-6-4-8-19(21)7-3-5-13(16(14)19)10-18(15)17(20)12(11)2/h13-16H,1-10H2. The maximum absolute atomic E-state index is 13.2. The van der Waals surface area contributed by atoms with Crippen LogP contribution in [0.3, 0.4) is 0 Å². The van der Waals surface area contributed by atoms with Crippen LogP contribution in [-0.4, -0.2) is 47.2 Å². The van der Waals surface area contributed by atoms with Gasteiger partial charge in [-0.3, -0.25) is 4.79 Å². The Balaban J connectivity index is 1.72. The Morgan fingerprint density at radius 3 is 2.67 bits per heavy atom. The van der Waals surface area contributed by atoms with Gasteiger partial charge in [0.05, 0.1) is 19.1 Å². The number of hydroxylamine groups is 3. The van der Waals surface area contributed by atoms with E-state index in [9.17, 15) is 10.0 Å². The second-order valence-corrected chi connectivity index (χ2v) is 7.41. The fourth-order valence-corrected chi connectivity index (χ4v) is 5.48. The number of hydrogen-bond donors (Lipinski definition) is 0. The summed E-state index contributed by atoms with van der Waals surface area (Å²) in [5.41, 5.74) is 1.46. The van der Waals surface area contributed by atoms with E-state index in [1.54, 1.807) is 0 Å². The molecule has 0 N–H and O–H groups in total. The molecule has 0 bridgehead atoms. The molecule has 4 nitrogen and oxygen atoms in total. The fraction of sp³-hybridized carbons (Fsp3) is 0.706. The third-order valence-corrected chi connectivity index (χ3v) is 6.38. The van der Waals surface area contributed by atoms with E-state index in [1.165, 1.54) is 0 Å². The Morgan fingerprint density at radius 1 is 1.19 bits per heavy atom. The summed E-state index contributed by atoms with van der Waals surface area (Å²) in [6, 6.07) is 0.419. The molecular formula is C17H24N2O2. The van der Waals surface area contributed by atoms with Gasteiger partial charge in [-0.05, 0) is 37.7 Å². The first-order chi connectivity index (χ1) is 10.0. The summed E-state index contributed by atoms with van der Waals surface area (Å²) >= 11 is 0. The molecule has 5 unspecified atom stereocenters. The van der Waals surface area contributed by atoms with Gasteiger partial charge in [-0.15, -0.1) is 0 Å². The molecule has 0 saturated carbocycles. The summed E-state index contributed by atoms with van der Waals surface area (Å²) < 4.78 is 0.0152. The maximum Gasteiger partial charge on any atom is 0.253 e. The molecule has 4 rings (SSSR count). The third-order valence-electron chi connectivity index (χ3n) is 6.38. The second kappa shape index (κ2) is 4.43. The van der Waals surface area contributed by atoms with Crippen LogP contribution in [0.2, 0.25) is 0 Å². The lowest BCUT2D eigenvalue weighted by Gasteiger charge is -2.64. The molecule has 4 aliphatic heterocycles. The Kier molecular flexibility index (Phi) is 2.86. The molecule has 5 atom stereocenters. The van der Waals surface area contributed by atoms with Crippen LogP contribution in [0.15, 0.2) is 24.3 Å². The predicted molar refractivity (Wildman–Crippen MR) is 81.0 cm³/mol. The van der Waals surface area contributed by atoms with Gasteiger partial charge in [0, 0.05) is 30.0 Å². The maximum atomic E-state index is 13.2. The van der Waals surface area contributed by atoms with Crippen molar-refractivity contribution in [2.24, 2.45) is 11.8 Å². The van der Waals surface area contributed by atoms with Crippen LogP contribution in [-0.2, 0) is 4.79 Å². The highest BCUT2D eigenvalue weighted by Crippen LogP contribution is 2.48. The summed E-state index contributed by atoms with van der Waals surface area (Å²) in [5, 5.41) is 13.2. The normalized spacial score (nSPS) is 46.1. The number of hydrogen-bond acceptors (Lipinski definition) is 2. The van der Waals surface area contributed by atoms with E-state index in [0.29, 0.717) is 17.4 Å². The number of carbonyl (C=O) groups is 1. The average molecular weight is 288 g/mol. The molecule has 4 heterocycles. The first-order valence-electron chi connectivity index (χ1n) is 8.27. The Bertz CT molecular complexity index is 525. The number of piperidine rings is 4. The highest BCUT2D eigenvalue weighted by Gasteiger charge is 2.56. The minimum atomic E-state index is 0.0152. The van der Waals surface area contributed by atoms with E-state index >= 15 is 0 Å². The zero-order chi connectivity index (χ0) is 14.8. The molecule has 0 aromatic heterocycles. The summed E-state index contributed by atoms with van der Waals surface area (Å²) in [6.45, 7) is 10.3. The molecule has 0 aromatic rings. The average Bonchev–Trinajstić information content (AvgIpc) is 2.46. The Labute approximate surface area is 126 Å². The van der Waals surface area contributed by atoms with Gasteiger partial charge in [0.1, 0.15) is 0 Å². The quantitative estimate of drug-likeness (QED) is 0.390. The van der Waals surface area contributed by atoms with Gasteiger partial charge in [0.15, 0.2) is 0 Å². The van der Waals surface area contributed by atoms with Crippen LogP contribution < -0.4 is 0 Å². The topological polar surface area (TPSA) is 43.4 Å². The molecule has 4 saturated heterocycles. The largest absolute Gasteiger partial charge is 0.633 e. The molecular weight excluding hydrogens is 264 g/mol. The summed E-state index contributed by atoms with van der Waals surface area (Å²) in [7, 11) is 0. The number of fused-ring (bicyclic) bond motifs is 2. The van der Waals surface area contributed by atoms with Crippen molar-refractivity contribution in [1.29, 1.82) is 0 Å². The first-order valence-corrected chi connectivity index (χ1v) is 8.27. The van der Waals surface area contributed by atoms with Gasteiger partial charge in [0.25, 0.3) is 5.91 Å². The highest BCUT2D eigenvalue weighted by atomic mass is 16.5. The number of rotatable bonds is 0. The van der Waals surface area contributed by atoms with Crippen molar-refractivity contribution >= 4 is 5.91 Å². The molecule has 0 spiro atoms. The van der Waals surface area contributed by atoms with E-state index in [-0.39, 0.29) is 22.6 Å². The van der Waals surface area contributed by atoms with Crippen molar-refractivity contribution in [2.45, 2.75) is 44.2 Å². The van der Waals surface area contributed by atoms with Crippen molar-refractivity contribution in [3.05, 3.63) is 29.5 Å². The van der Waals surface area contributed by atoms with Crippen LogP contribution in [0.4, 0.5) is 0 Å². The zero-order valence-electron chi connectivity index (χ0n) is 12.6. The zero-order valence-corrected chi connectivity index (χ0v) is 12.6. The Morgan fingerprint density at radius 2 is 1.90 bits per heavy atom. The number of quaternary nitrogens is 1. The van der Waals surface area contributed by atoms with Crippen LogP contribution in [0.25, 0.3) is 0 Å². The lowest BCUT2D eigenvalue weighted by molar-refractivity contribution is -0.925. The molecule has 21 heavy (non-hydrogen) atoms. The highest BCUT2D eigenvalue weighted by molar-refractivity contribution is 5.98. The molecule has 4 heteroatoms. The smallest absolute Gasteiger partial charge is 0.253 e. The fourth-order valence-electron chi connectivity index (χ4n) is 5.48. The van der Waals surface area contributed by atoms with Crippen LogP contribution in [0, 0.1) is 17.0 Å². The van der Waals surface area contributed by atoms with Crippen molar-refractivity contribution < 1.29 is 9.44 Å². The van der Waals surface area contributed by atoms with E-state index in [0.717, 1.165) is 57.3 Å². The first kappa shape index (κ1) is 13.5. The van der Waals surface area contributed by atoms with Gasteiger partial charge >= 0.3 is 0 Å². The molecule has 0 aliphatic carbocycles. The predicted octanol–water partition coefficient (Wildman–Crippen LogP) is 2.22. The molecule has 1 amide bonds. The number of carbonyl (C=O) groups excluding carboxylic acids is 1. The summed E-state index contributed by atoms with van der Waals surface area (Å²) in [6.07, 6.45) is 5.03. The van der Waals surface area contributed by atoms with E-state index in [1.807, 2.05) is 4.90 Å². The Hall–Kier alpha value is -1.13. The second-order valence-electron chi connectivity index (χ2n) is 7.41. The van der Waals surface area contributed by atoms with Crippen LogP contribution >= 0.6 is 0 Å². The van der Waals surface area contributed by atoms with E-state index < -0.39 is 0 Å². The van der Waals surface area contributed by atoms with Gasteiger partial charge < -0.3 is 14.8 Å². The molecule has 0 radical (unpaired) electrons. The van der Waals surface area contributed by atoms with E-state index in [2.05, 4.69) is 13.2 Å². The number of nitrogens with zero attached hydrogens (tertiary/aromatic N) is 2. The van der Waals surface area contributed by atoms with Gasteiger partial charge in [-0.2, -0.15) is 0 Å². The van der Waals surface area contributed by atoms with Gasteiger partial charge in [-0.25, -0.2) is 0 Å². The van der Waals surface area contributed by atoms with Gasteiger partial charge in [0.2, 0.25) is 0 Å². The lowest BCUT2D eigenvalue weighted by atomic mass is 9.67. The minimum Gasteiger partial charge on any atom is -0.633 e. The van der Waals surface area contributed by atoms with Gasteiger partial charge in [-0.1, -0.05) is 13.2 Å². The summed E-state index contributed by atoms with van der Waals surface area (Å²) in [5.74, 6) is 0.819. The van der Waals surface area contributed by atoms with Crippen molar-refractivity contribution in [1.82, 2.24) is 4.90 Å².